The molecule has 100 valence electrons. The lowest BCUT2D eigenvalue weighted by Crippen LogP contribution is -2.11. The second kappa shape index (κ2) is 5.37. The minimum atomic E-state index is -0.221. The minimum Gasteiger partial charge on any atom is -0.206 e. The van der Waals surface area contributed by atoms with Gasteiger partial charge in [0.1, 0.15) is 5.82 Å². The third-order valence-electron chi connectivity index (χ3n) is 3.06. The molecule has 0 saturated carbocycles. The smallest absolute Gasteiger partial charge is 0.132 e. The van der Waals surface area contributed by atoms with Crippen LogP contribution in [0.4, 0.5) is 4.39 Å². The van der Waals surface area contributed by atoms with E-state index in [-0.39, 0.29) is 11.2 Å². The summed E-state index contributed by atoms with van der Waals surface area (Å²) in [6.45, 7) is 6.45. The molecule has 0 nitrogen and oxygen atoms in total. The number of rotatable bonds is 1. The van der Waals surface area contributed by atoms with E-state index < -0.39 is 0 Å². The molecule has 0 aromatic heterocycles. The quantitative estimate of drug-likeness (QED) is 0.539. The van der Waals surface area contributed by atoms with Gasteiger partial charge in [-0.15, -0.1) is 0 Å². The topological polar surface area (TPSA) is 0 Å². The third kappa shape index (κ3) is 3.09. The molecular formula is C16H15Br2F. The average molecular weight is 386 g/mol. The molecule has 0 saturated heterocycles. The molecule has 2 rings (SSSR count). The fourth-order valence-electron chi connectivity index (χ4n) is 1.94. The van der Waals surface area contributed by atoms with Crippen LogP contribution in [0.5, 0.6) is 0 Å². The number of halogens is 3. The van der Waals surface area contributed by atoms with E-state index in [0.29, 0.717) is 5.56 Å². The molecule has 3 heteroatoms. The Hall–Kier alpha value is -0.670. The van der Waals surface area contributed by atoms with E-state index >= 15 is 0 Å². The summed E-state index contributed by atoms with van der Waals surface area (Å²) in [5, 5.41) is 0. The summed E-state index contributed by atoms with van der Waals surface area (Å²) in [7, 11) is 0. The van der Waals surface area contributed by atoms with Gasteiger partial charge in [0, 0.05) is 20.1 Å². The molecule has 0 radical (unpaired) electrons. The summed E-state index contributed by atoms with van der Waals surface area (Å²) in [6, 6.07) is 11.1. The Morgan fingerprint density at radius 1 is 0.947 bits per heavy atom. The summed E-state index contributed by atoms with van der Waals surface area (Å²) in [4.78, 5) is 0. The molecule has 0 unspecified atom stereocenters. The Balaban J connectivity index is 2.69. The highest BCUT2D eigenvalue weighted by atomic mass is 79.9. The lowest BCUT2D eigenvalue weighted by molar-refractivity contribution is 0.590. The standard InChI is InChI=1S/C16H15Br2F/c1-16(2,3)10-7-8-12(17)11(9-10)15-13(18)5-4-6-14(15)19/h4-9H,1-3H3. The highest BCUT2D eigenvalue weighted by Gasteiger charge is 2.18. The maximum absolute atomic E-state index is 14.1. The van der Waals surface area contributed by atoms with Gasteiger partial charge in [0.2, 0.25) is 0 Å². The van der Waals surface area contributed by atoms with Crippen LogP contribution in [0.15, 0.2) is 45.3 Å². The van der Waals surface area contributed by atoms with Gasteiger partial charge in [-0.3, -0.25) is 0 Å². The monoisotopic (exact) mass is 384 g/mol. The first kappa shape index (κ1) is 14.7. The molecule has 0 spiro atoms. The number of hydrogen-bond acceptors (Lipinski definition) is 0. The predicted molar refractivity (Wildman–Crippen MR) is 85.9 cm³/mol. The van der Waals surface area contributed by atoms with Crippen LogP contribution in [0.3, 0.4) is 0 Å². The molecular weight excluding hydrogens is 371 g/mol. The van der Waals surface area contributed by atoms with Crippen LogP contribution in [-0.2, 0) is 5.41 Å². The molecule has 0 atom stereocenters. The van der Waals surface area contributed by atoms with Gasteiger partial charge in [-0.05, 0) is 35.2 Å². The largest absolute Gasteiger partial charge is 0.206 e. The van der Waals surface area contributed by atoms with E-state index in [4.69, 9.17) is 0 Å². The van der Waals surface area contributed by atoms with E-state index in [1.807, 2.05) is 18.2 Å². The third-order valence-corrected chi connectivity index (χ3v) is 4.42. The van der Waals surface area contributed by atoms with Crippen LogP contribution in [0.2, 0.25) is 0 Å². The first-order chi connectivity index (χ1) is 8.80. The van der Waals surface area contributed by atoms with Crippen LogP contribution in [0.25, 0.3) is 11.1 Å². The van der Waals surface area contributed by atoms with Gasteiger partial charge in [-0.2, -0.15) is 0 Å². The zero-order valence-corrected chi connectivity index (χ0v) is 14.3. The molecule has 0 aliphatic rings. The molecule has 0 amide bonds. The van der Waals surface area contributed by atoms with E-state index in [1.54, 1.807) is 6.07 Å². The molecule has 0 fully saturated rings. The maximum atomic E-state index is 14.1. The van der Waals surface area contributed by atoms with Gasteiger partial charge >= 0.3 is 0 Å². The Bertz CT molecular complexity index is 592. The van der Waals surface area contributed by atoms with Crippen molar-refractivity contribution < 1.29 is 4.39 Å². The molecule has 0 N–H and O–H groups in total. The second-order valence-corrected chi connectivity index (χ2v) is 7.25. The first-order valence-corrected chi connectivity index (χ1v) is 7.63. The van der Waals surface area contributed by atoms with Crippen molar-refractivity contribution >= 4 is 31.9 Å². The van der Waals surface area contributed by atoms with Gasteiger partial charge in [0.05, 0.1) is 0 Å². The van der Waals surface area contributed by atoms with E-state index in [1.165, 1.54) is 11.6 Å². The minimum absolute atomic E-state index is 0.0349. The zero-order valence-electron chi connectivity index (χ0n) is 11.1. The Kier molecular flexibility index (Phi) is 4.17. The number of hydrogen-bond donors (Lipinski definition) is 0. The van der Waals surface area contributed by atoms with E-state index in [0.717, 1.165) is 14.5 Å². The fourth-order valence-corrected chi connectivity index (χ4v) is 2.94. The van der Waals surface area contributed by atoms with Crippen molar-refractivity contribution in [3.63, 3.8) is 0 Å². The van der Waals surface area contributed by atoms with Crippen molar-refractivity contribution in [3.8, 4) is 11.1 Å². The van der Waals surface area contributed by atoms with Gasteiger partial charge < -0.3 is 0 Å². The maximum Gasteiger partial charge on any atom is 0.132 e. The van der Waals surface area contributed by atoms with Crippen molar-refractivity contribution in [3.05, 3.63) is 56.7 Å². The highest BCUT2D eigenvalue weighted by molar-refractivity contribution is 9.11. The first-order valence-electron chi connectivity index (χ1n) is 6.05. The lowest BCUT2D eigenvalue weighted by Gasteiger charge is -2.21. The van der Waals surface area contributed by atoms with Gasteiger partial charge in [0.15, 0.2) is 0 Å². The van der Waals surface area contributed by atoms with E-state index in [9.17, 15) is 4.39 Å². The lowest BCUT2D eigenvalue weighted by atomic mass is 9.85. The van der Waals surface area contributed by atoms with Crippen molar-refractivity contribution in [2.24, 2.45) is 0 Å². The Labute approximate surface area is 130 Å². The Morgan fingerprint density at radius 2 is 1.63 bits per heavy atom. The highest BCUT2D eigenvalue weighted by Crippen LogP contribution is 2.38. The van der Waals surface area contributed by atoms with Gasteiger partial charge in [-0.25, -0.2) is 4.39 Å². The SMILES string of the molecule is CC(C)(C)c1ccc(Br)c(-c2c(F)cccc2Br)c1. The molecule has 0 heterocycles. The molecule has 0 aliphatic heterocycles. The van der Waals surface area contributed by atoms with Crippen LogP contribution in [0.1, 0.15) is 26.3 Å². The fraction of sp³-hybridized carbons (Fsp3) is 0.250. The molecule has 0 aliphatic carbocycles. The molecule has 2 aromatic rings. The average Bonchev–Trinajstić information content (AvgIpc) is 2.29. The summed E-state index contributed by atoms with van der Waals surface area (Å²) >= 11 is 6.95. The summed E-state index contributed by atoms with van der Waals surface area (Å²) in [5.41, 5.74) is 2.69. The summed E-state index contributed by atoms with van der Waals surface area (Å²) in [5.74, 6) is -0.221. The van der Waals surface area contributed by atoms with Crippen molar-refractivity contribution in [2.45, 2.75) is 26.2 Å². The molecule has 0 bridgehead atoms. The van der Waals surface area contributed by atoms with Crippen molar-refractivity contribution in [1.29, 1.82) is 0 Å². The van der Waals surface area contributed by atoms with Crippen molar-refractivity contribution in [2.75, 3.05) is 0 Å². The Morgan fingerprint density at radius 3 is 2.21 bits per heavy atom. The van der Waals surface area contributed by atoms with Crippen LogP contribution < -0.4 is 0 Å². The van der Waals surface area contributed by atoms with Crippen LogP contribution in [-0.4, -0.2) is 0 Å². The van der Waals surface area contributed by atoms with Crippen LogP contribution in [0, 0.1) is 5.82 Å². The van der Waals surface area contributed by atoms with Gasteiger partial charge in [0.25, 0.3) is 0 Å². The molecule has 19 heavy (non-hydrogen) atoms. The van der Waals surface area contributed by atoms with E-state index in [2.05, 4.69) is 58.7 Å². The second-order valence-electron chi connectivity index (χ2n) is 5.54. The zero-order chi connectivity index (χ0) is 14.2. The van der Waals surface area contributed by atoms with Crippen molar-refractivity contribution in [1.82, 2.24) is 0 Å². The van der Waals surface area contributed by atoms with Gasteiger partial charge in [-0.1, -0.05) is 64.8 Å². The molecule has 2 aromatic carbocycles. The summed E-state index contributed by atoms with van der Waals surface area (Å²) in [6.07, 6.45) is 0. The predicted octanol–water partition coefficient (Wildman–Crippen LogP) is 6.32. The van der Waals surface area contributed by atoms with Crippen LogP contribution >= 0.6 is 31.9 Å². The normalized spacial score (nSPS) is 11.7. The summed E-state index contributed by atoms with van der Waals surface area (Å²) < 4.78 is 15.8. The number of benzene rings is 2.